The molecule has 0 aliphatic heterocycles. The fourth-order valence-electron chi connectivity index (χ4n) is 3.92. The molecule has 0 aliphatic rings. The quantitative estimate of drug-likeness (QED) is 0.0332. The van der Waals surface area contributed by atoms with Crippen molar-refractivity contribution in [2.45, 2.75) is 39.9 Å². The number of nitrogens with two attached hydrogens (primary N) is 3. The first-order valence-corrected chi connectivity index (χ1v) is 16.2. The van der Waals surface area contributed by atoms with E-state index in [4.69, 9.17) is 87.9 Å². The van der Waals surface area contributed by atoms with Crippen molar-refractivity contribution in [2.75, 3.05) is 11.5 Å². The van der Waals surface area contributed by atoms with Gasteiger partial charge in [-0.25, -0.2) is 4.79 Å². The Hall–Kier alpha value is -4.88. The van der Waals surface area contributed by atoms with Crippen molar-refractivity contribution < 1.29 is 29.1 Å². The lowest BCUT2D eigenvalue weighted by atomic mass is 10.2. The van der Waals surface area contributed by atoms with Crippen LogP contribution in [0.15, 0.2) is 82.5 Å². The number of oxime groups is 1. The van der Waals surface area contributed by atoms with E-state index < -0.39 is 5.97 Å². The average Bonchev–Trinajstić information content (AvgIpc) is 3.53. The van der Waals surface area contributed by atoms with E-state index in [-0.39, 0.29) is 28.6 Å². The summed E-state index contributed by atoms with van der Waals surface area (Å²) in [7, 11) is 0. The van der Waals surface area contributed by atoms with E-state index in [9.17, 15) is 4.79 Å². The van der Waals surface area contributed by atoms with Crippen molar-refractivity contribution in [3.8, 4) is 34.3 Å². The number of ether oxygens (including phenoxy) is 2. The standard InChI is InChI=1S/C17H15Cl2N3O2.C10H13ClN2O2.C7H6ClNO2/c1-9(2)23-15-6-3-10(7-14(15)19)16-21-17(24-22-16)12-5-4-11(20)8-13(12)18;1-6(2)15-9-4-3-7(5-8(9)11)10(12)13-14;8-6-3-4(9)1-2-5(6)7(10)11/h3-9H,20H2,1-2H3;3-6,14H,1-2H3,(H2,12,13);1-3H,9H2,(H,10,11). The number of aromatic carboxylic acids is 1. The molecule has 264 valence electrons. The normalized spacial score (nSPS) is 11.0. The van der Waals surface area contributed by atoms with Gasteiger partial charge in [0.15, 0.2) is 5.84 Å². The SMILES string of the molecule is CC(C)Oc1ccc(-c2noc(-c3ccc(N)cc3Cl)n2)cc1Cl.CC(C)Oc1ccc(/C(N)=N/O)cc1Cl.Nc1ccc(C(=O)O)c(Cl)c1. The molecule has 16 heteroatoms. The number of halogens is 4. The minimum atomic E-state index is -1.05. The zero-order valence-corrected chi connectivity index (χ0v) is 30.2. The van der Waals surface area contributed by atoms with Crippen LogP contribution in [0.2, 0.25) is 20.1 Å². The van der Waals surface area contributed by atoms with Crippen LogP contribution in [0.1, 0.15) is 43.6 Å². The summed E-state index contributed by atoms with van der Waals surface area (Å²) in [5.74, 6) is 0.898. The Morgan fingerprint density at radius 2 is 1.34 bits per heavy atom. The van der Waals surface area contributed by atoms with Crippen LogP contribution in [0, 0.1) is 0 Å². The van der Waals surface area contributed by atoms with E-state index in [1.54, 1.807) is 48.5 Å². The molecule has 0 saturated heterocycles. The van der Waals surface area contributed by atoms with Crippen LogP contribution in [-0.2, 0) is 0 Å². The van der Waals surface area contributed by atoms with Gasteiger partial charge in [-0.2, -0.15) is 4.98 Å². The smallest absolute Gasteiger partial charge is 0.337 e. The molecule has 12 nitrogen and oxygen atoms in total. The number of nitrogens with zero attached hydrogens (tertiary/aromatic N) is 3. The van der Waals surface area contributed by atoms with Crippen LogP contribution in [0.3, 0.4) is 0 Å². The summed E-state index contributed by atoms with van der Waals surface area (Å²) in [6.45, 7) is 7.69. The zero-order valence-electron chi connectivity index (χ0n) is 27.2. The minimum absolute atomic E-state index is 0.0213. The molecule has 0 bridgehead atoms. The largest absolute Gasteiger partial charge is 0.489 e. The van der Waals surface area contributed by atoms with Gasteiger partial charge in [0.25, 0.3) is 5.89 Å². The number of benzene rings is 4. The summed E-state index contributed by atoms with van der Waals surface area (Å²) < 4.78 is 16.3. The number of nitrogen functional groups attached to an aromatic ring is 2. The van der Waals surface area contributed by atoms with Crippen LogP contribution in [0.4, 0.5) is 11.4 Å². The topological polar surface area (TPSA) is 205 Å². The van der Waals surface area contributed by atoms with E-state index in [2.05, 4.69) is 15.3 Å². The van der Waals surface area contributed by atoms with Crippen LogP contribution < -0.4 is 26.7 Å². The third kappa shape index (κ3) is 11.3. The molecular weight excluding hydrogens is 730 g/mol. The Bertz CT molecular complexity index is 1970. The highest BCUT2D eigenvalue weighted by Crippen LogP contribution is 2.33. The molecule has 5 rings (SSSR count). The first-order valence-electron chi connectivity index (χ1n) is 14.7. The third-order valence-electron chi connectivity index (χ3n) is 6.12. The van der Waals surface area contributed by atoms with Crippen molar-refractivity contribution in [2.24, 2.45) is 10.9 Å². The molecular formula is C34H34Cl4N6O6. The monoisotopic (exact) mass is 762 g/mol. The number of carboxylic acid groups (broad SMARTS) is 1. The first kappa shape index (κ1) is 39.6. The van der Waals surface area contributed by atoms with Gasteiger partial charge < -0.3 is 41.5 Å². The number of carboxylic acids is 1. The van der Waals surface area contributed by atoms with E-state index in [0.29, 0.717) is 60.8 Å². The molecule has 5 aromatic rings. The van der Waals surface area contributed by atoms with Crippen molar-refractivity contribution in [1.82, 2.24) is 10.1 Å². The molecule has 0 atom stereocenters. The maximum Gasteiger partial charge on any atom is 0.337 e. The van der Waals surface area contributed by atoms with Gasteiger partial charge >= 0.3 is 5.97 Å². The number of hydrogen-bond donors (Lipinski definition) is 5. The van der Waals surface area contributed by atoms with E-state index in [0.717, 1.165) is 5.56 Å². The van der Waals surface area contributed by atoms with Gasteiger partial charge in [0.2, 0.25) is 5.82 Å². The molecule has 1 aromatic heterocycles. The second-order valence-electron chi connectivity index (χ2n) is 10.8. The van der Waals surface area contributed by atoms with E-state index >= 15 is 0 Å². The summed E-state index contributed by atoms with van der Waals surface area (Å²) in [6.07, 6.45) is 0.0926. The average molecular weight is 764 g/mol. The van der Waals surface area contributed by atoms with Gasteiger partial charge in [0.1, 0.15) is 11.5 Å². The predicted octanol–water partition coefficient (Wildman–Crippen LogP) is 8.92. The van der Waals surface area contributed by atoms with Gasteiger partial charge in [0, 0.05) is 22.5 Å². The van der Waals surface area contributed by atoms with E-state index in [1.807, 2.05) is 33.8 Å². The van der Waals surface area contributed by atoms with Gasteiger partial charge in [0.05, 0.1) is 43.4 Å². The summed E-state index contributed by atoms with van der Waals surface area (Å²) in [5.41, 5.74) is 19.4. The van der Waals surface area contributed by atoms with Gasteiger partial charge in [-0.3, -0.25) is 0 Å². The van der Waals surface area contributed by atoms with Crippen LogP contribution in [-0.4, -0.2) is 44.5 Å². The highest BCUT2D eigenvalue weighted by Gasteiger charge is 2.15. The van der Waals surface area contributed by atoms with Crippen molar-refractivity contribution in [1.29, 1.82) is 0 Å². The van der Waals surface area contributed by atoms with Crippen LogP contribution in [0.25, 0.3) is 22.8 Å². The molecule has 8 N–H and O–H groups in total. The molecule has 0 unspecified atom stereocenters. The predicted molar refractivity (Wildman–Crippen MR) is 198 cm³/mol. The molecule has 0 fully saturated rings. The molecule has 0 radical (unpaired) electrons. The van der Waals surface area contributed by atoms with Crippen molar-refractivity contribution in [3.05, 3.63) is 104 Å². The van der Waals surface area contributed by atoms with E-state index in [1.165, 1.54) is 18.2 Å². The lowest BCUT2D eigenvalue weighted by Crippen LogP contribution is -2.13. The number of carbonyl (C=O) groups is 1. The second-order valence-corrected chi connectivity index (χ2v) is 12.4. The molecule has 0 amide bonds. The Balaban J connectivity index is 0.000000222. The fourth-order valence-corrected chi connectivity index (χ4v) is 4.91. The third-order valence-corrected chi connectivity index (χ3v) is 7.34. The molecule has 1 heterocycles. The second kappa shape index (κ2) is 18.2. The molecule has 0 saturated carbocycles. The highest BCUT2D eigenvalue weighted by molar-refractivity contribution is 6.34. The maximum atomic E-state index is 10.4. The summed E-state index contributed by atoms with van der Waals surface area (Å²) in [6, 6.07) is 19.7. The Morgan fingerprint density at radius 1 is 0.780 bits per heavy atom. The minimum Gasteiger partial charge on any atom is -0.489 e. The number of rotatable bonds is 8. The number of hydrogen-bond acceptors (Lipinski definition) is 10. The Morgan fingerprint density at radius 3 is 1.84 bits per heavy atom. The van der Waals surface area contributed by atoms with Crippen LogP contribution in [0.5, 0.6) is 11.5 Å². The van der Waals surface area contributed by atoms with Crippen molar-refractivity contribution >= 4 is 69.6 Å². The Kier molecular flexibility index (Phi) is 14.4. The Labute approximate surface area is 308 Å². The lowest BCUT2D eigenvalue weighted by molar-refractivity contribution is 0.0697. The zero-order chi connectivity index (χ0) is 37.1. The van der Waals surface area contributed by atoms with Gasteiger partial charge in [-0.05, 0) is 100 Å². The van der Waals surface area contributed by atoms with Gasteiger partial charge in [-0.15, -0.1) is 0 Å². The number of anilines is 2. The first-order chi connectivity index (χ1) is 23.6. The summed E-state index contributed by atoms with van der Waals surface area (Å²) in [4.78, 5) is 14.8. The number of amidine groups is 1. The van der Waals surface area contributed by atoms with Crippen molar-refractivity contribution in [3.63, 3.8) is 0 Å². The molecule has 0 aliphatic carbocycles. The van der Waals surface area contributed by atoms with Crippen LogP contribution >= 0.6 is 46.4 Å². The molecule has 50 heavy (non-hydrogen) atoms. The highest BCUT2D eigenvalue weighted by atomic mass is 35.5. The summed E-state index contributed by atoms with van der Waals surface area (Å²) in [5, 5.41) is 25.4. The molecule has 0 spiro atoms. The lowest BCUT2D eigenvalue weighted by Gasteiger charge is -2.11. The summed E-state index contributed by atoms with van der Waals surface area (Å²) >= 11 is 23.9. The maximum absolute atomic E-state index is 10.4. The number of aromatic nitrogens is 2. The molecule has 4 aromatic carbocycles. The van der Waals surface area contributed by atoms with Gasteiger partial charge in [-0.1, -0.05) is 56.7 Å². The fraction of sp³-hybridized carbons (Fsp3) is 0.176.